The molecule has 0 bridgehead atoms. The number of morpholine rings is 1. The molecule has 5 unspecified atom stereocenters. The van der Waals surface area contributed by atoms with Crippen LogP contribution in [0.3, 0.4) is 0 Å². The number of hydrogen-bond donors (Lipinski definition) is 4. The summed E-state index contributed by atoms with van der Waals surface area (Å²) in [5, 5.41) is 29.9. The van der Waals surface area contributed by atoms with Gasteiger partial charge in [-0.05, 0) is 6.92 Å². The molecule has 16 heavy (non-hydrogen) atoms. The zero-order chi connectivity index (χ0) is 12.3. The second kappa shape index (κ2) is 5.35. The number of nitrogens with one attached hydrogen (secondary N) is 1. The van der Waals surface area contributed by atoms with Gasteiger partial charge in [-0.1, -0.05) is 0 Å². The summed E-state index contributed by atoms with van der Waals surface area (Å²) in [7, 11) is 0. The van der Waals surface area contributed by atoms with Gasteiger partial charge in [0, 0.05) is 0 Å². The second-order valence-corrected chi connectivity index (χ2v) is 3.65. The van der Waals surface area contributed by atoms with Gasteiger partial charge in [0.1, 0.15) is 36.7 Å². The van der Waals surface area contributed by atoms with E-state index in [9.17, 15) is 19.8 Å². The summed E-state index contributed by atoms with van der Waals surface area (Å²) in [6.45, 7) is 0.802. The molecule has 1 aliphatic heterocycles. The molecule has 1 saturated heterocycles. The maximum absolute atomic E-state index is 11.2. The van der Waals surface area contributed by atoms with E-state index in [2.05, 4.69) is 5.32 Å². The van der Waals surface area contributed by atoms with Crippen LogP contribution in [0.2, 0.25) is 0 Å². The van der Waals surface area contributed by atoms with Crippen molar-refractivity contribution in [1.29, 1.82) is 0 Å². The molecule has 0 aromatic rings. The lowest BCUT2D eigenvalue weighted by Gasteiger charge is -2.36. The quantitative estimate of drug-likeness (QED) is 0.389. The summed E-state index contributed by atoms with van der Waals surface area (Å²) in [5.41, 5.74) is 0. The monoisotopic (exact) mass is 233 g/mol. The van der Waals surface area contributed by atoms with Gasteiger partial charge in [0.25, 0.3) is 0 Å². The number of carbonyl (C=O) groups excluding carboxylic acids is 2. The van der Waals surface area contributed by atoms with Gasteiger partial charge in [-0.25, -0.2) is 0 Å². The lowest BCUT2D eigenvalue weighted by Crippen LogP contribution is -2.61. The molecule has 92 valence electrons. The molecule has 0 radical (unpaired) electrons. The molecule has 1 aliphatic rings. The van der Waals surface area contributed by atoms with Crippen LogP contribution in [0, 0.1) is 0 Å². The number of aldehydes is 1. The Hall–Kier alpha value is -1.02. The van der Waals surface area contributed by atoms with Gasteiger partial charge in [-0.2, -0.15) is 0 Å². The number of ether oxygens (including phenoxy) is 1. The van der Waals surface area contributed by atoms with E-state index in [0.29, 0.717) is 6.29 Å². The van der Waals surface area contributed by atoms with Gasteiger partial charge in [0.15, 0.2) is 0 Å². The molecule has 5 atom stereocenters. The summed E-state index contributed by atoms with van der Waals surface area (Å²) < 4.78 is 5.12. The van der Waals surface area contributed by atoms with Crippen molar-refractivity contribution in [3.05, 3.63) is 0 Å². The van der Waals surface area contributed by atoms with E-state index in [4.69, 9.17) is 9.84 Å². The zero-order valence-corrected chi connectivity index (χ0v) is 8.74. The van der Waals surface area contributed by atoms with E-state index in [1.54, 1.807) is 0 Å². The third-order valence-corrected chi connectivity index (χ3v) is 2.46. The predicted octanol–water partition coefficient (Wildman–Crippen LogP) is -2.83. The van der Waals surface area contributed by atoms with Gasteiger partial charge < -0.3 is 30.2 Å². The smallest absolute Gasteiger partial charge is 0.249 e. The average molecular weight is 233 g/mol. The van der Waals surface area contributed by atoms with Crippen LogP contribution in [0.25, 0.3) is 0 Å². The van der Waals surface area contributed by atoms with Crippen LogP contribution in [0.15, 0.2) is 0 Å². The highest BCUT2D eigenvalue weighted by atomic mass is 16.5. The molecule has 1 rings (SSSR count). The van der Waals surface area contributed by atoms with Crippen LogP contribution in [-0.4, -0.2) is 64.6 Å². The highest BCUT2D eigenvalue weighted by Gasteiger charge is 2.40. The maximum atomic E-state index is 11.2. The highest BCUT2D eigenvalue weighted by Crippen LogP contribution is 2.15. The Labute approximate surface area is 92.0 Å². The van der Waals surface area contributed by atoms with Crippen molar-refractivity contribution in [2.75, 3.05) is 6.61 Å². The van der Waals surface area contributed by atoms with Gasteiger partial charge >= 0.3 is 0 Å². The fourth-order valence-corrected chi connectivity index (χ4v) is 1.48. The Morgan fingerprint density at radius 2 is 2.19 bits per heavy atom. The minimum atomic E-state index is -1.44. The Balaban J connectivity index is 2.76. The fraction of sp³-hybridized carbons (Fsp3) is 0.778. The van der Waals surface area contributed by atoms with Crippen LogP contribution >= 0.6 is 0 Å². The summed E-state index contributed by atoms with van der Waals surface area (Å²) >= 11 is 0. The minimum Gasteiger partial charge on any atom is -0.394 e. The molecule has 0 aromatic carbocycles. The number of hydrogen-bond acceptors (Lipinski definition) is 6. The minimum absolute atomic E-state index is 0.418. The van der Waals surface area contributed by atoms with Crippen LogP contribution in [-0.2, 0) is 14.3 Å². The normalized spacial score (nSPS) is 34.0. The Kier molecular flexibility index (Phi) is 4.36. The molecule has 1 heterocycles. The summed E-state index contributed by atoms with van der Waals surface area (Å²) in [6, 6.07) is -1.03. The molecule has 1 amide bonds. The van der Waals surface area contributed by atoms with Crippen molar-refractivity contribution in [2.24, 2.45) is 0 Å². The summed E-state index contributed by atoms with van der Waals surface area (Å²) in [4.78, 5) is 21.9. The standard InChI is InChI=1S/C9H15NO6/c1-4-9(15)10-5(2-11)8(16-4)7(14)6(13)3-12/h2,4-8,12-14H,3H2,1H3,(H,10,15). The number of aliphatic hydroxyl groups excluding tert-OH is 3. The first kappa shape index (κ1) is 13.0. The first-order valence-corrected chi connectivity index (χ1v) is 4.89. The third kappa shape index (κ3) is 2.56. The number of aliphatic hydroxyl groups is 3. The van der Waals surface area contributed by atoms with Gasteiger partial charge in [0.05, 0.1) is 6.61 Å². The predicted molar refractivity (Wildman–Crippen MR) is 51.4 cm³/mol. The molecule has 0 saturated carbocycles. The van der Waals surface area contributed by atoms with Crippen LogP contribution in [0.1, 0.15) is 6.92 Å². The lowest BCUT2D eigenvalue weighted by molar-refractivity contribution is -0.170. The van der Waals surface area contributed by atoms with E-state index in [-0.39, 0.29) is 0 Å². The molecule has 0 aromatic heterocycles. The molecule has 4 N–H and O–H groups in total. The Morgan fingerprint density at radius 3 is 2.69 bits per heavy atom. The van der Waals surface area contributed by atoms with E-state index in [0.717, 1.165) is 0 Å². The third-order valence-electron chi connectivity index (χ3n) is 2.46. The van der Waals surface area contributed by atoms with Crippen LogP contribution in [0.4, 0.5) is 0 Å². The molecule has 7 nitrogen and oxygen atoms in total. The Morgan fingerprint density at radius 1 is 1.56 bits per heavy atom. The number of carbonyl (C=O) groups is 2. The molecule has 0 aliphatic carbocycles. The molecule has 1 fully saturated rings. The van der Waals surface area contributed by atoms with Gasteiger partial charge in [0.2, 0.25) is 5.91 Å². The topological polar surface area (TPSA) is 116 Å². The van der Waals surface area contributed by atoms with Crippen LogP contribution in [0.5, 0.6) is 0 Å². The van der Waals surface area contributed by atoms with Crippen molar-refractivity contribution in [1.82, 2.24) is 5.32 Å². The van der Waals surface area contributed by atoms with E-state index in [1.165, 1.54) is 6.92 Å². The average Bonchev–Trinajstić information content (AvgIpc) is 2.30. The fourth-order valence-electron chi connectivity index (χ4n) is 1.48. The van der Waals surface area contributed by atoms with Gasteiger partial charge in [-0.3, -0.25) is 4.79 Å². The molecular formula is C9H15NO6. The Bertz CT molecular complexity index is 271. The molecular weight excluding hydrogens is 218 g/mol. The summed E-state index contributed by atoms with van der Waals surface area (Å²) in [5.74, 6) is -0.459. The summed E-state index contributed by atoms with van der Waals surface area (Å²) in [6.07, 6.45) is -4.33. The second-order valence-electron chi connectivity index (χ2n) is 3.65. The van der Waals surface area contributed by atoms with Crippen LogP contribution < -0.4 is 5.32 Å². The van der Waals surface area contributed by atoms with E-state index in [1.807, 2.05) is 0 Å². The zero-order valence-electron chi connectivity index (χ0n) is 8.74. The number of rotatable bonds is 4. The lowest BCUT2D eigenvalue weighted by atomic mass is 9.99. The molecule has 7 heteroatoms. The molecule has 0 spiro atoms. The van der Waals surface area contributed by atoms with Crippen molar-refractivity contribution in [2.45, 2.75) is 37.4 Å². The highest BCUT2D eigenvalue weighted by molar-refractivity contribution is 5.84. The largest absolute Gasteiger partial charge is 0.394 e. The first-order chi connectivity index (χ1) is 7.51. The number of amides is 1. The van der Waals surface area contributed by atoms with Crippen molar-refractivity contribution >= 4 is 12.2 Å². The van der Waals surface area contributed by atoms with Crippen molar-refractivity contribution < 1.29 is 29.6 Å². The van der Waals surface area contributed by atoms with Gasteiger partial charge in [-0.15, -0.1) is 0 Å². The van der Waals surface area contributed by atoms with E-state index < -0.39 is 43.0 Å². The SMILES string of the molecule is CC1OC(C(O)C(O)CO)C(C=O)NC1=O. The first-order valence-electron chi connectivity index (χ1n) is 4.89. The maximum Gasteiger partial charge on any atom is 0.249 e. The van der Waals surface area contributed by atoms with Crippen molar-refractivity contribution in [3.63, 3.8) is 0 Å². The van der Waals surface area contributed by atoms with Crippen molar-refractivity contribution in [3.8, 4) is 0 Å². The van der Waals surface area contributed by atoms with E-state index >= 15 is 0 Å².